The van der Waals surface area contributed by atoms with Crippen molar-refractivity contribution in [3.8, 4) is 0 Å². The van der Waals surface area contributed by atoms with Gasteiger partial charge in [-0.05, 0) is 61.6 Å². The van der Waals surface area contributed by atoms with Crippen LogP contribution in [0.15, 0.2) is 106 Å². The molecule has 2 aliphatic carbocycles. The molecule has 2 fully saturated rings. The molecule has 0 radical (unpaired) electrons. The summed E-state index contributed by atoms with van der Waals surface area (Å²) < 4.78 is 30.2. The molecule has 5 rings (SSSR count). The topological polar surface area (TPSA) is 71.4 Å². The predicted molar refractivity (Wildman–Crippen MR) is 127 cm³/mol. The van der Waals surface area contributed by atoms with Gasteiger partial charge in [0.25, 0.3) is 10.1 Å². The summed E-state index contributed by atoms with van der Waals surface area (Å²) in [7, 11) is -4.02. The van der Waals surface area contributed by atoms with E-state index < -0.39 is 15.5 Å². The van der Waals surface area contributed by atoms with Crippen LogP contribution < -0.4 is 0 Å². The number of fused-ring (bicyclic) bond motifs is 2. The van der Waals surface area contributed by atoms with Crippen LogP contribution in [0.3, 0.4) is 0 Å². The lowest BCUT2D eigenvalue weighted by molar-refractivity contribution is -0.125. The molecule has 1 N–H and O–H groups in total. The van der Waals surface area contributed by atoms with Crippen LogP contribution in [0.25, 0.3) is 0 Å². The quantitative estimate of drug-likeness (QED) is 0.402. The van der Waals surface area contributed by atoms with Gasteiger partial charge in [0.2, 0.25) is 0 Å². The van der Waals surface area contributed by atoms with Crippen molar-refractivity contribution in [2.75, 3.05) is 5.75 Å². The molecule has 0 heterocycles. The van der Waals surface area contributed by atoms with E-state index in [-0.39, 0.29) is 22.4 Å². The van der Waals surface area contributed by atoms with Crippen molar-refractivity contribution in [3.05, 3.63) is 91.0 Å². The highest BCUT2D eigenvalue weighted by Gasteiger charge is 2.53. The minimum atomic E-state index is -4.01. The monoisotopic (exact) mass is 467 g/mol. The molecule has 2 saturated carbocycles. The van der Waals surface area contributed by atoms with Gasteiger partial charge in [-0.1, -0.05) is 54.6 Å². The summed E-state index contributed by atoms with van der Waals surface area (Å²) in [5.74, 6) is 0.0330. The Morgan fingerprint density at radius 3 is 1.56 bits per heavy atom. The maximum atomic E-state index is 11.5. The van der Waals surface area contributed by atoms with E-state index >= 15 is 0 Å². The van der Waals surface area contributed by atoms with Gasteiger partial charge in [-0.15, -0.1) is 0 Å². The number of hydrogen-bond acceptors (Lipinski definition) is 3. The fourth-order valence-corrected chi connectivity index (χ4v) is 8.01. The van der Waals surface area contributed by atoms with Gasteiger partial charge in [0, 0.05) is 11.8 Å². The zero-order valence-electron chi connectivity index (χ0n) is 17.8. The van der Waals surface area contributed by atoms with Crippen molar-refractivity contribution in [3.63, 3.8) is 0 Å². The lowest BCUT2D eigenvalue weighted by Gasteiger charge is -2.22. The first-order chi connectivity index (χ1) is 15.4. The average molecular weight is 468 g/mol. The number of Topliss-reactive ketones (excluding diaryl/α,β-unsaturated/α-hetero) is 1. The van der Waals surface area contributed by atoms with Crippen LogP contribution in [0.5, 0.6) is 0 Å². The van der Waals surface area contributed by atoms with E-state index in [0.717, 1.165) is 6.42 Å². The first-order valence-electron chi connectivity index (χ1n) is 10.7. The molecular formula is C26H27O4S2+. The Balaban J connectivity index is 0.000000165. The lowest BCUT2D eigenvalue weighted by Crippen LogP contribution is -2.33. The number of hydrogen-bond donors (Lipinski definition) is 1. The fourth-order valence-electron chi connectivity index (χ4n) is 4.78. The van der Waals surface area contributed by atoms with Crippen molar-refractivity contribution in [1.29, 1.82) is 0 Å². The maximum Gasteiger partial charge on any atom is 0.265 e. The average Bonchev–Trinajstić information content (AvgIpc) is 3.32. The highest BCUT2D eigenvalue weighted by molar-refractivity contribution is 7.97. The largest absolute Gasteiger partial charge is 0.299 e. The lowest BCUT2D eigenvalue weighted by atomic mass is 9.85. The molecule has 4 nitrogen and oxygen atoms in total. The number of ketones is 1. The molecule has 2 bridgehead atoms. The van der Waals surface area contributed by atoms with E-state index in [1.54, 1.807) is 0 Å². The van der Waals surface area contributed by atoms with Crippen LogP contribution >= 0.6 is 0 Å². The van der Waals surface area contributed by atoms with Gasteiger partial charge in [0.1, 0.15) is 5.78 Å². The Bertz CT molecular complexity index is 1050. The standard InChI is InChI=1S/C18H15S.C8H12O4S/c1-4-10-16(11-5-1)19(17-12-6-2-7-13-17)18-14-8-3-9-15-18;9-7-3-6-1-2-8(7,4-6)5-13(10,11)12/h1-15H;6H,1-5H2,(H,10,11,12)/q+1;. The molecule has 3 aromatic carbocycles. The van der Waals surface area contributed by atoms with Crippen LogP contribution in [0.4, 0.5) is 0 Å². The van der Waals surface area contributed by atoms with Gasteiger partial charge in [0.05, 0.1) is 16.6 Å². The number of carbonyl (C=O) groups is 1. The molecule has 166 valence electrons. The normalized spacial score (nSPS) is 21.9. The van der Waals surface area contributed by atoms with Crippen LogP contribution in [0, 0.1) is 11.3 Å². The first kappa shape index (κ1) is 22.8. The molecule has 0 saturated heterocycles. The van der Waals surface area contributed by atoms with E-state index in [0.29, 0.717) is 25.2 Å². The fraction of sp³-hybridized carbons (Fsp3) is 0.269. The Kier molecular flexibility index (Phi) is 6.84. The molecule has 2 aliphatic rings. The highest BCUT2D eigenvalue weighted by atomic mass is 32.2. The maximum absolute atomic E-state index is 11.5. The van der Waals surface area contributed by atoms with Gasteiger partial charge < -0.3 is 0 Å². The van der Waals surface area contributed by atoms with Gasteiger partial charge in [-0.2, -0.15) is 8.42 Å². The number of rotatable bonds is 5. The molecule has 0 amide bonds. The number of benzene rings is 3. The minimum absolute atomic E-state index is 0.0146. The van der Waals surface area contributed by atoms with E-state index in [4.69, 9.17) is 4.55 Å². The Morgan fingerprint density at radius 2 is 1.25 bits per heavy atom. The van der Waals surface area contributed by atoms with E-state index in [1.165, 1.54) is 14.7 Å². The van der Waals surface area contributed by atoms with Gasteiger partial charge in [-0.25, -0.2) is 0 Å². The summed E-state index contributed by atoms with van der Waals surface area (Å²) in [6.07, 6.45) is 2.73. The SMILES string of the molecule is O=C1CC2CCC1(CS(=O)(=O)O)C2.c1ccc([S+](c2ccccc2)c2ccccc2)cc1. The molecule has 2 unspecified atom stereocenters. The molecule has 3 aromatic rings. The molecule has 32 heavy (non-hydrogen) atoms. The third-order valence-corrected chi connectivity index (χ3v) is 9.32. The molecule has 6 heteroatoms. The summed E-state index contributed by atoms with van der Waals surface area (Å²) in [5, 5.41) is 0. The Labute approximate surface area is 192 Å². The van der Waals surface area contributed by atoms with Crippen LogP contribution in [0.2, 0.25) is 0 Å². The number of carbonyl (C=O) groups excluding carboxylic acids is 1. The summed E-state index contributed by atoms with van der Waals surface area (Å²) in [6, 6.07) is 32.2. The van der Waals surface area contributed by atoms with E-state index in [2.05, 4.69) is 91.0 Å². The minimum Gasteiger partial charge on any atom is -0.299 e. The van der Waals surface area contributed by atoms with Crippen molar-refractivity contribution in [1.82, 2.24) is 0 Å². The second-order valence-corrected chi connectivity index (χ2v) is 12.0. The van der Waals surface area contributed by atoms with E-state index in [9.17, 15) is 13.2 Å². The van der Waals surface area contributed by atoms with Gasteiger partial charge in [0.15, 0.2) is 14.7 Å². The molecule has 0 spiro atoms. The predicted octanol–water partition coefficient (Wildman–Crippen LogP) is 5.42. The molecule has 0 aliphatic heterocycles. The van der Waals surface area contributed by atoms with Crippen LogP contribution in [-0.4, -0.2) is 24.5 Å². The Hall–Kier alpha value is -2.41. The summed E-state index contributed by atoms with van der Waals surface area (Å²) in [6.45, 7) is 0. The highest BCUT2D eigenvalue weighted by Crippen LogP contribution is 2.52. The van der Waals surface area contributed by atoms with Gasteiger partial charge >= 0.3 is 0 Å². The third-order valence-electron chi connectivity index (χ3n) is 6.17. The summed E-state index contributed by atoms with van der Waals surface area (Å²) >= 11 is 0. The van der Waals surface area contributed by atoms with Crippen molar-refractivity contribution in [2.24, 2.45) is 11.3 Å². The molecule has 0 aromatic heterocycles. The smallest absolute Gasteiger partial charge is 0.265 e. The zero-order chi connectivity index (χ0) is 22.6. The van der Waals surface area contributed by atoms with Crippen LogP contribution in [-0.2, 0) is 25.8 Å². The van der Waals surface area contributed by atoms with Gasteiger partial charge in [-0.3, -0.25) is 9.35 Å². The van der Waals surface area contributed by atoms with Crippen molar-refractivity contribution < 1.29 is 17.8 Å². The Morgan fingerprint density at radius 1 is 0.812 bits per heavy atom. The molecule has 2 atom stereocenters. The van der Waals surface area contributed by atoms with E-state index in [1.807, 2.05) is 0 Å². The summed E-state index contributed by atoms with van der Waals surface area (Å²) in [5.41, 5.74) is -0.724. The van der Waals surface area contributed by atoms with Crippen molar-refractivity contribution in [2.45, 2.75) is 40.4 Å². The van der Waals surface area contributed by atoms with Crippen LogP contribution in [0.1, 0.15) is 25.7 Å². The third kappa shape index (κ3) is 5.31. The van der Waals surface area contributed by atoms with Crippen molar-refractivity contribution >= 4 is 26.8 Å². The summed E-state index contributed by atoms with van der Waals surface area (Å²) in [4.78, 5) is 15.5. The molecular weight excluding hydrogens is 440 g/mol. The second kappa shape index (κ2) is 9.61. The second-order valence-electron chi connectivity index (χ2n) is 8.49. The first-order valence-corrected chi connectivity index (χ1v) is 13.6. The zero-order valence-corrected chi connectivity index (χ0v) is 19.4.